The summed E-state index contributed by atoms with van der Waals surface area (Å²) in [4.78, 5) is 27.2. The molecule has 2 rings (SSSR count). The van der Waals surface area contributed by atoms with E-state index in [4.69, 9.17) is 4.74 Å². The fourth-order valence-electron chi connectivity index (χ4n) is 3.19. The minimum atomic E-state index is -2.62. The van der Waals surface area contributed by atoms with Crippen LogP contribution in [0.15, 0.2) is 34.7 Å². The Morgan fingerprint density at radius 3 is 2.64 bits per heavy atom. The molecule has 0 radical (unpaired) electrons. The summed E-state index contributed by atoms with van der Waals surface area (Å²) in [5, 5.41) is -0.429. The smallest absolute Gasteiger partial charge is 0.311 e. The lowest BCUT2D eigenvalue weighted by Crippen LogP contribution is -2.44. The van der Waals surface area contributed by atoms with Gasteiger partial charge in [-0.3, -0.25) is 19.2 Å². The van der Waals surface area contributed by atoms with E-state index in [-0.39, 0.29) is 19.1 Å². The summed E-state index contributed by atoms with van der Waals surface area (Å²) >= 11 is 0.819. The van der Waals surface area contributed by atoms with E-state index in [2.05, 4.69) is 9.08 Å². The summed E-state index contributed by atoms with van der Waals surface area (Å²) in [6.45, 7) is 2.14. The molecule has 0 heterocycles. The third-order valence-corrected chi connectivity index (χ3v) is 5.88. The topological polar surface area (TPSA) is 105 Å². The molecule has 0 bridgehead atoms. The van der Waals surface area contributed by atoms with Crippen LogP contribution < -0.4 is 4.72 Å². The molecule has 3 atom stereocenters. The molecule has 154 valence electrons. The highest BCUT2D eigenvalue weighted by Crippen LogP contribution is 2.52. The zero-order chi connectivity index (χ0) is 20.7. The van der Waals surface area contributed by atoms with Gasteiger partial charge in [-0.05, 0) is 38.8 Å². The van der Waals surface area contributed by atoms with E-state index >= 15 is 0 Å². The Bertz CT molecular complexity index is 823. The van der Waals surface area contributed by atoms with Gasteiger partial charge in [0, 0.05) is 25.6 Å². The predicted molar refractivity (Wildman–Crippen MR) is 107 cm³/mol. The summed E-state index contributed by atoms with van der Waals surface area (Å²) in [6, 6.07) is 8.21. The largest absolute Gasteiger partial charge is 0.382 e. The molecule has 28 heavy (non-hydrogen) atoms. The molecule has 1 aromatic carbocycles. The standard InChI is InChI=1S/C18H25N3O5S2/c1-13(26-3)8-7-11-21(17(23)27-19-2)16(22)18(12-15(18)20-28(24)25)14-9-5-4-6-10-14/h4-6,9-10,13,15,19H,7-8,11-12H2,1-3H3. The maximum absolute atomic E-state index is 13.5. The number of amides is 2. The molecule has 1 saturated carbocycles. The third-order valence-electron chi connectivity index (χ3n) is 4.86. The number of ether oxygens (including phenoxy) is 1. The number of imide groups is 1. The quantitative estimate of drug-likeness (QED) is 0.603. The number of rotatable bonds is 9. The monoisotopic (exact) mass is 427 g/mol. The molecule has 1 fully saturated rings. The summed E-state index contributed by atoms with van der Waals surface area (Å²) in [6.07, 6.45) is 1.54. The molecule has 2 amide bonds. The summed E-state index contributed by atoms with van der Waals surface area (Å²) in [7, 11) is 0.584. The van der Waals surface area contributed by atoms with Crippen LogP contribution in [-0.2, 0) is 25.4 Å². The van der Waals surface area contributed by atoms with Crippen molar-refractivity contribution in [2.45, 2.75) is 43.7 Å². The van der Waals surface area contributed by atoms with E-state index in [1.807, 2.05) is 13.0 Å². The first-order valence-corrected chi connectivity index (χ1v) is 10.8. The zero-order valence-corrected chi connectivity index (χ0v) is 17.8. The van der Waals surface area contributed by atoms with Crippen molar-refractivity contribution in [1.29, 1.82) is 0 Å². The van der Waals surface area contributed by atoms with Crippen LogP contribution in [0, 0.1) is 0 Å². The molecule has 3 unspecified atom stereocenters. The van der Waals surface area contributed by atoms with Crippen LogP contribution in [-0.4, -0.2) is 57.3 Å². The van der Waals surface area contributed by atoms with Crippen LogP contribution in [0.1, 0.15) is 31.7 Å². The molecular formula is C18H25N3O5S2. The van der Waals surface area contributed by atoms with Gasteiger partial charge >= 0.3 is 15.7 Å². The second-order valence-corrected chi connectivity index (χ2v) is 8.20. The fraction of sp³-hybridized carbons (Fsp3) is 0.556. The van der Waals surface area contributed by atoms with Gasteiger partial charge in [0.15, 0.2) is 0 Å². The number of hydrogen-bond donors (Lipinski definition) is 1. The summed E-state index contributed by atoms with van der Waals surface area (Å²) in [5.41, 5.74) is -0.463. The van der Waals surface area contributed by atoms with Gasteiger partial charge in [0.2, 0.25) is 5.91 Å². The number of hydrogen-bond acceptors (Lipinski definition) is 8. The minimum absolute atomic E-state index is 0.0126. The second-order valence-electron chi connectivity index (χ2n) is 6.60. The molecule has 0 saturated heterocycles. The van der Waals surface area contributed by atoms with Crippen molar-refractivity contribution in [3.05, 3.63) is 35.9 Å². The molecule has 1 aromatic rings. The lowest BCUT2D eigenvalue weighted by molar-refractivity contribution is -0.130. The maximum atomic E-state index is 13.5. The number of methoxy groups -OCH3 is 1. The van der Waals surface area contributed by atoms with Crippen molar-refractivity contribution >= 4 is 33.6 Å². The first kappa shape index (κ1) is 22.5. The molecular weight excluding hydrogens is 402 g/mol. The summed E-state index contributed by atoms with van der Waals surface area (Å²) in [5.74, 6) is -0.421. The number of carbonyl (C=O) groups excluding carboxylic acids is 2. The number of nitrogens with zero attached hydrogens (tertiary/aromatic N) is 2. The Balaban J connectivity index is 2.32. The molecule has 1 aliphatic rings. The van der Waals surface area contributed by atoms with Gasteiger partial charge in [0.05, 0.1) is 12.1 Å². The van der Waals surface area contributed by atoms with Crippen LogP contribution in [0.2, 0.25) is 0 Å². The average Bonchev–Trinajstić information content (AvgIpc) is 3.39. The van der Waals surface area contributed by atoms with Gasteiger partial charge in [-0.25, -0.2) is 0 Å². The highest BCUT2D eigenvalue weighted by atomic mass is 32.2. The van der Waals surface area contributed by atoms with E-state index in [0.29, 0.717) is 18.4 Å². The third kappa shape index (κ3) is 5.19. The number of nitrogens with one attached hydrogen (secondary N) is 1. The first-order valence-electron chi connectivity index (χ1n) is 8.94. The Labute approximate surface area is 170 Å². The predicted octanol–water partition coefficient (Wildman–Crippen LogP) is 2.39. The fourth-order valence-corrected chi connectivity index (χ4v) is 4.11. The van der Waals surface area contributed by atoms with Crippen LogP contribution in [0.3, 0.4) is 0 Å². The van der Waals surface area contributed by atoms with Crippen LogP contribution in [0.25, 0.3) is 0 Å². The van der Waals surface area contributed by atoms with Crippen LogP contribution in [0.4, 0.5) is 4.79 Å². The van der Waals surface area contributed by atoms with Crippen LogP contribution >= 0.6 is 11.9 Å². The SMILES string of the molecule is CNSC(=O)N(CCCC(C)OC)C(=O)C1(c2ccccc2)CC1N=S(=O)=O. The highest BCUT2D eigenvalue weighted by molar-refractivity contribution is 8.11. The van der Waals surface area contributed by atoms with Crippen molar-refractivity contribution in [2.75, 3.05) is 20.7 Å². The van der Waals surface area contributed by atoms with Crippen molar-refractivity contribution in [3.63, 3.8) is 0 Å². The van der Waals surface area contributed by atoms with E-state index in [1.165, 1.54) is 4.90 Å². The molecule has 1 N–H and O–H groups in total. The number of carbonyl (C=O) groups is 2. The molecule has 8 nitrogen and oxygen atoms in total. The average molecular weight is 428 g/mol. The second kappa shape index (κ2) is 10.1. The van der Waals surface area contributed by atoms with Gasteiger partial charge in [0.25, 0.3) is 0 Å². The highest BCUT2D eigenvalue weighted by Gasteiger charge is 2.64. The van der Waals surface area contributed by atoms with Gasteiger partial charge in [-0.1, -0.05) is 30.3 Å². The van der Waals surface area contributed by atoms with Gasteiger partial charge in [-0.2, -0.15) is 12.8 Å². The van der Waals surface area contributed by atoms with Crippen molar-refractivity contribution in [1.82, 2.24) is 9.62 Å². The van der Waals surface area contributed by atoms with Crippen molar-refractivity contribution in [2.24, 2.45) is 4.36 Å². The van der Waals surface area contributed by atoms with Gasteiger partial charge in [-0.15, -0.1) is 0 Å². The van der Waals surface area contributed by atoms with Gasteiger partial charge in [0.1, 0.15) is 5.41 Å². The van der Waals surface area contributed by atoms with Gasteiger partial charge < -0.3 is 4.74 Å². The summed E-state index contributed by atoms with van der Waals surface area (Å²) < 4.78 is 33.8. The van der Waals surface area contributed by atoms with Crippen LogP contribution in [0.5, 0.6) is 0 Å². The Hall–Kier alpha value is -1.75. The molecule has 0 aromatic heterocycles. The lowest BCUT2D eigenvalue weighted by atomic mass is 9.93. The van der Waals surface area contributed by atoms with Crippen molar-refractivity contribution in [3.8, 4) is 0 Å². The van der Waals surface area contributed by atoms with Crippen molar-refractivity contribution < 1.29 is 22.7 Å². The molecule has 10 heteroatoms. The normalized spacial score (nSPS) is 21.6. The van der Waals surface area contributed by atoms with E-state index in [0.717, 1.165) is 11.9 Å². The Kier molecular flexibility index (Phi) is 8.17. The van der Waals surface area contributed by atoms with E-state index in [1.54, 1.807) is 38.4 Å². The molecule has 0 aliphatic heterocycles. The first-order chi connectivity index (χ1) is 13.4. The maximum Gasteiger partial charge on any atom is 0.311 e. The lowest BCUT2D eigenvalue weighted by Gasteiger charge is -2.26. The zero-order valence-electron chi connectivity index (χ0n) is 16.1. The Morgan fingerprint density at radius 2 is 2.07 bits per heavy atom. The Morgan fingerprint density at radius 1 is 1.39 bits per heavy atom. The van der Waals surface area contributed by atoms with E-state index < -0.39 is 33.1 Å². The molecule has 0 spiro atoms. The molecule has 1 aliphatic carbocycles. The number of benzene rings is 1. The minimum Gasteiger partial charge on any atom is -0.382 e. The van der Waals surface area contributed by atoms with E-state index in [9.17, 15) is 18.0 Å².